The van der Waals surface area contributed by atoms with Crippen molar-refractivity contribution in [3.05, 3.63) is 35.9 Å². The Labute approximate surface area is 164 Å². The van der Waals surface area contributed by atoms with Crippen molar-refractivity contribution in [1.82, 2.24) is 4.90 Å². The van der Waals surface area contributed by atoms with Crippen LogP contribution in [0.25, 0.3) is 0 Å². The molecular formula is C22H41NO2S. The third kappa shape index (κ3) is 7.99. The summed E-state index contributed by atoms with van der Waals surface area (Å²) in [6, 6.07) is 10.4. The van der Waals surface area contributed by atoms with E-state index in [1.54, 1.807) is 0 Å². The van der Waals surface area contributed by atoms with E-state index in [0.29, 0.717) is 12.7 Å². The lowest BCUT2D eigenvalue weighted by Gasteiger charge is -2.47. The summed E-state index contributed by atoms with van der Waals surface area (Å²) < 4.78 is 12.6. The van der Waals surface area contributed by atoms with Crippen LogP contribution in [0.5, 0.6) is 0 Å². The molecule has 0 unspecified atom stereocenters. The second-order valence-corrected chi connectivity index (χ2v) is 11.9. The van der Waals surface area contributed by atoms with E-state index in [9.17, 15) is 0 Å². The van der Waals surface area contributed by atoms with Crippen molar-refractivity contribution in [1.29, 1.82) is 0 Å². The van der Waals surface area contributed by atoms with E-state index in [4.69, 9.17) is 8.92 Å². The second kappa shape index (κ2) is 11.3. The number of hydrogen-bond acceptors (Lipinski definition) is 3. The first-order valence-corrected chi connectivity index (χ1v) is 12.4. The molecule has 152 valence electrons. The minimum Gasteiger partial charge on any atom is -0.375 e. The van der Waals surface area contributed by atoms with E-state index in [1.807, 2.05) is 19.9 Å². The number of ether oxygens (including phenoxy) is 1. The van der Waals surface area contributed by atoms with Gasteiger partial charge in [-0.3, -0.25) is 0 Å². The zero-order valence-corrected chi connectivity index (χ0v) is 18.9. The molecule has 1 aromatic carbocycles. The van der Waals surface area contributed by atoms with Crippen LogP contribution in [0.4, 0.5) is 0 Å². The van der Waals surface area contributed by atoms with Crippen molar-refractivity contribution in [2.24, 2.45) is 0 Å². The van der Waals surface area contributed by atoms with Crippen molar-refractivity contribution in [3.63, 3.8) is 0 Å². The Bertz CT molecular complexity index is 477. The first-order chi connectivity index (χ1) is 12.3. The molecule has 0 saturated carbocycles. The summed E-state index contributed by atoms with van der Waals surface area (Å²) in [7, 11) is -1.01. The lowest BCUT2D eigenvalue weighted by Crippen LogP contribution is -2.40. The zero-order valence-electron chi connectivity index (χ0n) is 18.1. The highest BCUT2D eigenvalue weighted by Crippen LogP contribution is 2.55. The van der Waals surface area contributed by atoms with Crippen LogP contribution in [0.1, 0.15) is 53.0 Å². The van der Waals surface area contributed by atoms with Gasteiger partial charge in [0.05, 0.1) is 19.3 Å². The van der Waals surface area contributed by atoms with E-state index < -0.39 is 10.3 Å². The van der Waals surface area contributed by atoms with Gasteiger partial charge in [-0.2, -0.15) is 0 Å². The molecule has 1 aromatic rings. The fraction of sp³-hybridized carbons (Fsp3) is 0.727. The molecule has 1 aliphatic heterocycles. The van der Waals surface area contributed by atoms with E-state index in [1.165, 1.54) is 5.56 Å². The number of rotatable bonds is 7. The minimum atomic E-state index is -1.01. The van der Waals surface area contributed by atoms with Crippen LogP contribution >= 0.6 is 10.3 Å². The fourth-order valence-corrected chi connectivity index (χ4v) is 3.83. The van der Waals surface area contributed by atoms with E-state index in [0.717, 1.165) is 39.1 Å². The molecule has 0 spiro atoms. The Hall–Kier alpha value is -0.550. The quantitative estimate of drug-likeness (QED) is 0.581. The van der Waals surface area contributed by atoms with Gasteiger partial charge in [0.2, 0.25) is 0 Å². The average molecular weight is 384 g/mol. The number of benzene rings is 1. The molecule has 1 aliphatic rings. The van der Waals surface area contributed by atoms with Gasteiger partial charge in [0.25, 0.3) is 0 Å². The van der Waals surface area contributed by atoms with E-state index in [2.05, 4.69) is 62.4 Å². The summed E-state index contributed by atoms with van der Waals surface area (Å²) in [5, 5.41) is 0. The normalized spacial score (nSPS) is 17.5. The molecule has 1 saturated heterocycles. The summed E-state index contributed by atoms with van der Waals surface area (Å²) >= 11 is 0. The molecule has 0 bridgehead atoms. The Morgan fingerprint density at radius 3 is 2.15 bits per heavy atom. The zero-order chi connectivity index (χ0) is 19.6. The van der Waals surface area contributed by atoms with Crippen LogP contribution in [0.2, 0.25) is 0 Å². The molecule has 0 atom stereocenters. The Morgan fingerprint density at radius 1 is 1.04 bits per heavy atom. The largest absolute Gasteiger partial charge is 0.375 e. The Morgan fingerprint density at radius 2 is 1.62 bits per heavy atom. The molecule has 0 radical (unpaired) electrons. The molecule has 1 fully saturated rings. The average Bonchev–Trinajstić information content (AvgIpc) is 2.61. The van der Waals surface area contributed by atoms with E-state index in [-0.39, 0.29) is 4.75 Å². The first-order valence-electron chi connectivity index (χ1n) is 10.0. The highest BCUT2D eigenvalue weighted by atomic mass is 32.3. The molecule has 2 rings (SSSR count). The van der Waals surface area contributed by atoms with Crippen LogP contribution < -0.4 is 0 Å². The predicted octanol–water partition coefficient (Wildman–Crippen LogP) is 5.49. The minimum absolute atomic E-state index is 0.245. The molecule has 0 N–H and O–H groups in total. The second-order valence-electron chi connectivity index (χ2n) is 8.02. The molecule has 0 aliphatic carbocycles. The van der Waals surface area contributed by atoms with Gasteiger partial charge >= 0.3 is 0 Å². The van der Waals surface area contributed by atoms with Crippen molar-refractivity contribution in [3.8, 4) is 0 Å². The van der Waals surface area contributed by atoms with Crippen molar-refractivity contribution in [2.75, 3.05) is 38.8 Å². The monoisotopic (exact) mass is 383 g/mol. The highest BCUT2D eigenvalue weighted by molar-refractivity contribution is 8.29. The summed E-state index contributed by atoms with van der Waals surface area (Å²) in [5.41, 5.74) is 1.25. The smallest absolute Gasteiger partial charge is 0.0725 e. The van der Waals surface area contributed by atoms with Gasteiger partial charge in [-0.25, -0.2) is 0 Å². The first kappa shape index (κ1) is 23.5. The van der Waals surface area contributed by atoms with Gasteiger partial charge in [0.1, 0.15) is 0 Å². The molecule has 26 heavy (non-hydrogen) atoms. The molecular weight excluding hydrogens is 342 g/mol. The molecule has 1 heterocycles. The van der Waals surface area contributed by atoms with Gasteiger partial charge in [-0.05, 0) is 30.9 Å². The summed E-state index contributed by atoms with van der Waals surface area (Å²) in [6.07, 6.45) is 7.32. The molecule has 0 aromatic heterocycles. The van der Waals surface area contributed by atoms with Gasteiger partial charge in [0, 0.05) is 24.4 Å². The highest BCUT2D eigenvalue weighted by Gasteiger charge is 2.32. The van der Waals surface area contributed by atoms with Gasteiger partial charge in [-0.1, -0.05) is 65.0 Å². The number of likely N-dealkylation sites (tertiary alicyclic amines) is 1. The SMILES string of the molecule is CC.CC(C)(C)S(C)(C)OC1CCN(CCOCc2ccccc2)CC1. The Balaban J connectivity index is 0.00000163. The summed E-state index contributed by atoms with van der Waals surface area (Å²) in [6.45, 7) is 15.7. The van der Waals surface area contributed by atoms with Crippen LogP contribution in [-0.4, -0.2) is 54.5 Å². The van der Waals surface area contributed by atoms with Crippen LogP contribution in [0.15, 0.2) is 30.3 Å². The van der Waals surface area contributed by atoms with Crippen LogP contribution in [0.3, 0.4) is 0 Å². The fourth-order valence-electron chi connectivity index (χ4n) is 2.67. The number of nitrogens with zero attached hydrogens (tertiary/aromatic N) is 1. The van der Waals surface area contributed by atoms with Crippen molar-refractivity contribution in [2.45, 2.75) is 64.9 Å². The van der Waals surface area contributed by atoms with Gasteiger partial charge in [-0.15, -0.1) is 10.3 Å². The number of piperidine rings is 1. The molecule has 0 amide bonds. The van der Waals surface area contributed by atoms with Crippen molar-refractivity contribution >= 4 is 10.3 Å². The Kier molecular flexibility index (Phi) is 10.2. The van der Waals surface area contributed by atoms with Crippen LogP contribution in [-0.2, 0) is 15.5 Å². The third-order valence-corrected chi connectivity index (χ3v) is 8.75. The van der Waals surface area contributed by atoms with Crippen molar-refractivity contribution < 1.29 is 8.92 Å². The maximum atomic E-state index is 6.50. The predicted molar refractivity (Wildman–Crippen MR) is 117 cm³/mol. The maximum absolute atomic E-state index is 6.50. The molecule has 4 heteroatoms. The summed E-state index contributed by atoms with van der Waals surface area (Å²) in [4.78, 5) is 2.50. The standard InChI is InChI=1S/C20H35NO2S.C2H6/c1-20(2,3)24(4,5)23-19-11-13-21(14-12-19)15-16-22-17-18-9-7-6-8-10-18;1-2/h6-10,19H,11-17H2,1-5H3;1-2H3. The lowest BCUT2D eigenvalue weighted by atomic mass is 10.1. The third-order valence-electron chi connectivity index (χ3n) is 5.05. The topological polar surface area (TPSA) is 21.7 Å². The lowest BCUT2D eigenvalue weighted by molar-refractivity contribution is 0.0636. The van der Waals surface area contributed by atoms with Gasteiger partial charge < -0.3 is 13.8 Å². The molecule has 3 nitrogen and oxygen atoms in total. The van der Waals surface area contributed by atoms with Gasteiger partial charge in [0.15, 0.2) is 0 Å². The maximum Gasteiger partial charge on any atom is 0.0725 e. The summed E-state index contributed by atoms with van der Waals surface area (Å²) in [5.74, 6) is 0. The van der Waals surface area contributed by atoms with Crippen LogP contribution in [0, 0.1) is 0 Å². The number of hydrogen-bond donors (Lipinski definition) is 0. The van der Waals surface area contributed by atoms with E-state index >= 15 is 0 Å².